The summed E-state index contributed by atoms with van der Waals surface area (Å²) >= 11 is 0. The van der Waals surface area contributed by atoms with Crippen LogP contribution in [0.25, 0.3) is 0 Å². The Labute approximate surface area is 86.2 Å². The van der Waals surface area contributed by atoms with Gasteiger partial charge in [-0.05, 0) is 12.8 Å². The van der Waals surface area contributed by atoms with Gasteiger partial charge in [-0.25, -0.2) is 0 Å². The third-order valence-corrected chi connectivity index (χ3v) is 2.65. The zero-order chi connectivity index (χ0) is 11.0. The zero-order valence-corrected chi connectivity index (χ0v) is 8.30. The largest absolute Gasteiger partial charge is 0.614 e. The third kappa shape index (κ3) is 1.38. The zero-order valence-electron chi connectivity index (χ0n) is 8.30. The molecule has 1 aliphatic rings. The van der Waals surface area contributed by atoms with Gasteiger partial charge in [0.05, 0.1) is 12.5 Å². The first kappa shape index (κ1) is 9.70. The molecule has 0 fully saturated rings. The summed E-state index contributed by atoms with van der Waals surface area (Å²) in [5.74, 6) is 0.0387. The van der Waals surface area contributed by atoms with Crippen LogP contribution in [0.1, 0.15) is 29.9 Å². The molecule has 1 aromatic heterocycles. The number of oxime groups is 1. The Hall–Kier alpha value is -1.85. The highest BCUT2D eigenvalue weighted by Crippen LogP contribution is 2.17. The van der Waals surface area contributed by atoms with Crippen LogP contribution in [0.2, 0.25) is 0 Å². The average Bonchev–Trinajstić information content (AvgIpc) is 2.25. The molecule has 1 N–H and O–H groups in total. The standard InChI is InChI=1S/C9H11N3O3/c1-6-11(14)5-7-3-2-4-8(10-13)9(7)12(6)15/h5,13H,2-4H2,1H3. The molecule has 1 aliphatic carbocycles. The first-order chi connectivity index (χ1) is 7.15. The van der Waals surface area contributed by atoms with E-state index in [9.17, 15) is 10.4 Å². The fourth-order valence-electron chi connectivity index (χ4n) is 1.83. The number of aromatic nitrogens is 2. The number of aryl methyl sites for hydroxylation is 1. The van der Waals surface area contributed by atoms with Gasteiger partial charge in [0.25, 0.3) is 5.69 Å². The third-order valence-electron chi connectivity index (χ3n) is 2.65. The quantitative estimate of drug-likeness (QED) is 0.277. The van der Waals surface area contributed by atoms with Crippen LogP contribution in [-0.2, 0) is 6.42 Å². The molecule has 15 heavy (non-hydrogen) atoms. The van der Waals surface area contributed by atoms with Gasteiger partial charge in [0.2, 0.25) is 0 Å². The maximum Gasteiger partial charge on any atom is 0.438 e. The average molecular weight is 209 g/mol. The Morgan fingerprint density at radius 2 is 2.13 bits per heavy atom. The number of hydrogen-bond donors (Lipinski definition) is 1. The van der Waals surface area contributed by atoms with E-state index in [0.717, 1.165) is 6.42 Å². The van der Waals surface area contributed by atoms with Crippen molar-refractivity contribution in [3.63, 3.8) is 0 Å². The minimum Gasteiger partial charge on any atom is -0.614 e. The van der Waals surface area contributed by atoms with Gasteiger partial charge >= 0.3 is 5.82 Å². The first-order valence-electron chi connectivity index (χ1n) is 4.71. The Balaban J connectivity index is 2.70. The van der Waals surface area contributed by atoms with Crippen molar-refractivity contribution in [1.82, 2.24) is 0 Å². The first-order valence-corrected chi connectivity index (χ1v) is 4.71. The second-order valence-corrected chi connectivity index (χ2v) is 3.57. The van der Waals surface area contributed by atoms with Gasteiger partial charge in [0.1, 0.15) is 0 Å². The monoisotopic (exact) mass is 209 g/mol. The van der Waals surface area contributed by atoms with E-state index in [4.69, 9.17) is 5.21 Å². The predicted molar refractivity (Wildman–Crippen MR) is 50.4 cm³/mol. The Morgan fingerprint density at radius 3 is 2.80 bits per heavy atom. The van der Waals surface area contributed by atoms with Crippen LogP contribution >= 0.6 is 0 Å². The molecule has 6 nitrogen and oxygen atoms in total. The summed E-state index contributed by atoms with van der Waals surface area (Å²) in [6.07, 6.45) is 3.39. The van der Waals surface area contributed by atoms with Gasteiger partial charge in [0.15, 0.2) is 11.9 Å². The minimum absolute atomic E-state index is 0.0387. The predicted octanol–water partition coefficient (Wildman–Crippen LogP) is -0.224. The molecule has 0 saturated carbocycles. The molecule has 1 heterocycles. The summed E-state index contributed by atoms with van der Waals surface area (Å²) in [7, 11) is 0. The molecule has 0 amide bonds. The second kappa shape index (κ2) is 3.38. The molecule has 0 aliphatic heterocycles. The highest BCUT2D eigenvalue weighted by molar-refractivity contribution is 5.99. The van der Waals surface area contributed by atoms with E-state index in [1.165, 1.54) is 13.1 Å². The second-order valence-electron chi connectivity index (χ2n) is 3.57. The molecule has 0 aromatic carbocycles. The maximum absolute atomic E-state index is 11.7. The van der Waals surface area contributed by atoms with Crippen LogP contribution < -0.4 is 9.46 Å². The van der Waals surface area contributed by atoms with E-state index in [1.807, 2.05) is 0 Å². The van der Waals surface area contributed by atoms with Gasteiger partial charge in [-0.2, -0.15) is 0 Å². The molecule has 0 saturated heterocycles. The topological polar surface area (TPSA) is 86.5 Å². The van der Waals surface area contributed by atoms with Gasteiger partial charge in [-0.15, -0.1) is 9.46 Å². The lowest BCUT2D eigenvalue weighted by Crippen LogP contribution is -2.51. The normalized spacial score (nSPS) is 17.8. The molecule has 0 radical (unpaired) electrons. The van der Waals surface area contributed by atoms with Crippen molar-refractivity contribution in [2.45, 2.75) is 26.2 Å². The van der Waals surface area contributed by atoms with Crippen LogP contribution in [0.15, 0.2) is 11.4 Å². The van der Waals surface area contributed by atoms with Gasteiger partial charge in [-0.3, -0.25) is 0 Å². The van der Waals surface area contributed by atoms with E-state index < -0.39 is 0 Å². The molecule has 0 unspecified atom stereocenters. The summed E-state index contributed by atoms with van der Waals surface area (Å²) in [6.45, 7) is 1.43. The van der Waals surface area contributed by atoms with Crippen molar-refractivity contribution in [3.05, 3.63) is 33.7 Å². The number of fused-ring (bicyclic) bond motifs is 1. The molecule has 0 spiro atoms. The van der Waals surface area contributed by atoms with Crippen LogP contribution in [0.3, 0.4) is 0 Å². The summed E-state index contributed by atoms with van der Waals surface area (Å²) in [5.41, 5.74) is 1.33. The number of hydrogen-bond acceptors (Lipinski definition) is 4. The number of rotatable bonds is 0. The van der Waals surface area contributed by atoms with Crippen molar-refractivity contribution < 1.29 is 14.7 Å². The van der Waals surface area contributed by atoms with Crippen molar-refractivity contribution in [2.75, 3.05) is 0 Å². The highest BCUT2D eigenvalue weighted by atomic mass is 16.5. The smallest absolute Gasteiger partial charge is 0.438 e. The summed E-state index contributed by atoms with van der Waals surface area (Å²) in [6, 6.07) is 0. The van der Waals surface area contributed by atoms with E-state index in [-0.39, 0.29) is 5.82 Å². The Morgan fingerprint density at radius 1 is 1.40 bits per heavy atom. The maximum atomic E-state index is 11.7. The number of nitrogens with zero attached hydrogens (tertiary/aromatic N) is 3. The van der Waals surface area contributed by atoms with E-state index >= 15 is 0 Å². The SMILES string of the molecule is Cc1[n+]([O-])cc2c([n+]1[O-])C(=NO)CCC2. The Bertz CT molecular complexity index is 443. The van der Waals surface area contributed by atoms with Crippen LogP contribution in [0.5, 0.6) is 0 Å². The summed E-state index contributed by atoms with van der Waals surface area (Å²) in [4.78, 5) is 0. The van der Waals surface area contributed by atoms with E-state index in [1.54, 1.807) is 0 Å². The van der Waals surface area contributed by atoms with Crippen molar-refractivity contribution in [3.8, 4) is 0 Å². The molecule has 1 aromatic rings. The molecular formula is C9H11N3O3. The molecular weight excluding hydrogens is 198 g/mol. The van der Waals surface area contributed by atoms with Gasteiger partial charge < -0.3 is 15.6 Å². The molecule has 6 heteroatoms. The minimum atomic E-state index is 0.0387. The summed E-state index contributed by atoms with van der Waals surface area (Å²) in [5, 5.41) is 34.9. The molecule has 2 rings (SSSR count). The van der Waals surface area contributed by atoms with Crippen LogP contribution in [-0.4, -0.2) is 10.9 Å². The van der Waals surface area contributed by atoms with Crippen LogP contribution in [0, 0.1) is 17.3 Å². The molecule has 80 valence electrons. The van der Waals surface area contributed by atoms with Crippen molar-refractivity contribution >= 4 is 5.71 Å². The lowest BCUT2D eigenvalue weighted by Gasteiger charge is -2.15. The van der Waals surface area contributed by atoms with E-state index in [2.05, 4.69) is 5.16 Å². The Kier molecular flexibility index (Phi) is 2.18. The summed E-state index contributed by atoms with van der Waals surface area (Å²) < 4.78 is 1.09. The van der Waals surface area contributed by atoms with Crippen molar-refractivity contribution in [2.24, 2.45) is 5.16 Å². The van der Waals surface area contributed by atoms with E-state index in [0.29, 0.717) is 39.3 Å². The lowest BCUT2D eigenvalue weighted by molar-refractivity contribution is -0.757. The lowest BCUT2D eigenvalue weighted by atomic mass is 9.95. The molecule has 0 bridgehead atoms. The fraction of sp³-hybridized carbons (Fsp3) is 0.444. The fourth-order valence-corrected chi connectivity index (χ4v) is 1.83. The van der Waals surface area contributed by atoms with Gasteiger partial charge in [-0.1, -0.05) is 5.16 Å². The van der Waals surface area contributed by atoms with Crippen LogP contribution in [0.4, 0.5) is 0 Å². The van der Waals surface area contributed by atoms with Gasteiger partial charge in [0, 0.05) is 6.42 Å². The molecule has 0 atom stereocenters. The van der Waals surface area contributed by atoms with Crippen molar-refractivity contribution in [1.29, 1.82) is 0 Å². The highest BCUT2D eigenvalue weighted by Gasteiger charge is 2.30.